The van der Waals surface area contributed by atoms with Crippen LogP contribution in [0.3, 0.4) is 0 Å². The lowest BCUT2D eigenvalue weighted by atomic mass is 9.79. The van der Waals surface area contributed by atoms with Gasteiger partial charge in [0.05, 0.1) is 6.20 Å². The Morgan fingerprint density at radius 3 is 2.95 bits per heavy atom. The van der Waals surface area contributed by atoms with Crippen molar-refractivity contribution in [2.45, 2.75) is 26.3 Å². The number of nitrogens with two attached hydrogens (primary N) is 1. The van der Waals surface area contributed by atoms with Gasteiger partial charge in [0.2, 0.25) is 0 Å². The van der Waals surface area contributed by atoms with Crippen molar-refractivity contribution in [1.29, 1.82) is 0 Å². The Balaban J connectivity index is 1.78. The predicted molar refractivity (Wildman–Crippen MR) is 85.4 cm³/mol. The quantitative estimate of drug-likeness (QED) is 0.913. The number of hydrogen-bond acceptors (Lipinski definition) is 6. The molecule has 116 valence electrons. The van der Waals surface area contributed by atoms with Crippen molar-refractivity contribution in [2.75, 3.05) is 13.1 Å². The summed E-state index contributed by atoms with van der Waals surface area (Å²) in [5.41, 5.74) is 7.21. The zero-order valence-electron chi connectivity index (χ0n) is 12.7. The van der Waals surface area contributed by atoms with Gasteiger partial charge in [-0.15, -0.1) is 11.3 Å². The first-order valence-corrected chi connectivity index (χ1v) is 8.12. The molecule has 0 saturated carbocycles. The first-order valence-electron chi connectivity index (χ1n) is 7.24. The van der Waals surface area contributed by atoms with Crippen LogP contribution < -0.4 is 5.73 Å². The summed E-state index contributed by atoms with van der Waals surface area (Å²) in [5.74, 6) is -0.0358. The van der Waals surface area contributed by atoms with Crippen LogP contribution in [0.2, 0.25) is 0 Å². The molecule has 3 rings (SSSR count). The van der Waals surface area contributed by atoms with Crippen LogP contribution in [-0.4, -0.2) is 44.9 Å². The largest absolute Gasteiger partial charge is 0.337 e. The highest BCUT2D eigenvalue weighted by molar-refractivity contribution is 7.13. The van der Waals surface area contributed by atoms with Crippen LogP contribution in [0.15, 0.2) is 24.0 Å². The van der Waals surface area contributed by atoms with E-state index in [0.29, 0.717) is 29.5 Å². The molecule has 0 bridgehead atoms. The molecule has 1 saturated heterocycles. The van der Waals surface area contributed by atoms with Crippen molar-refractivity contribution in [3.8, 4) is 10.7 Å². The lowest BCUT2D eigenvalue weighted by Crippen LogP contribution is -2.54. The van der Waals surface area contributed by atoms with Crippen molar-refractivity contribution >= 4 is 17.2 Å². The average Bonchev–Trinajstić information content (AvgIpc) is 3.00. The Kier molecular flexibility index (Phi) is 3.92. The Bertz CT molecular complexity index is 670. The van der Waals surface area contributed by atoms with Gasteiger partial charge in [0.1, 0.15) is 16.4 Å². The van der Waals surface area contributed by atoms with E-state index in [1.54, 1.807) is 24.0 Å². The summed E-state index contributed by atoms with van der Waals surface area (Å²) in [6, 6.07) is 0.127. The van der Waals surface area contributed by atoms with Gasteiger partial charge < -0.3 is 10.6 Å². The Hall–Kier alpha value is -1.86. The minimum Gasteiger partial charge on any atom is -0.337 e. The molecule has 1 unspecified atom stereocenters. The molecule has 0 spiro atoms. The second-order valence-corrected chi connectivity index (χ2v) is 7.10. The zero-order chi connectivity index (χ0) is 15.7. The number of aromatic nitrogens is 3. The number of carbonyl (C=O) groups is 1. The van der Waals surface area contributed by atoms with Gasteiger partial charge in [-0.05, 0) is 11.8 Å². The van der Waals surface area contributed by atoms with Crippen LogP contribution in [0.4, 0.5) is 0 Å². The van der Waals surface area contributed by atoms with Crippen LogP contribution in [0.25, 0.3) is 10.7 Å². The summed E-state index contributed by atoms with van der Waals surface area (Å²) in [6.45, 7) is 5.54. The third-order valence-electron chi connectivity index (χ3n) is 4.10. The van der Waals surface area contributed by atoms with Crippen LogP contribution in [0.5, 0.6) is 0 Å². The van der Waals surface area contributed by atoms with Gasteiger partial charge in [-0.2, -0.15) is 0 Å². The molecule has 6 nitrogen and oxygen atoms in total. The zero-order valence-corrected chi connectivity index (χ0v) is 13.5. The number of rotatable bonds is 2. The highest BCUT2D eigenvalue weighted by atomic mass is 32.1. The second kappa shape index (κ2) is 5.73. The van der Waals surface area contributed by atoms with Crippen LogP contribution in [0, 0.1) is 5.41 Å². The molecule has 7 heteroatoms. The SMILES string of the molecule is CC1(C)CN(C(=O)c2csc(-c3cnccn3)n2)CCC1N. The lowest BCUT2D eigenvalue weighted by Gasteiger charge is -2.42. The van der Waals surface area contributed by atoms with E-state index in [1.165, 1.54) is 11.3 Å². The van der Waals surface area contributed by atoms with Crippen LogP contribution in [-0.2, 0) is 0 Å². The minimum absolute atomic E-state index is 0.0358. The highest BCUT2D eigenvalue weighted by Gasteiger charge is 2.36. The number of nitrogens with zero attached hydrogens (tertiary/aromatic N) is 4. The first-order chi connectivity index (χ1) is 10.5. The van der Waals surface area contributed by atoms with E-state index >= 15 is 0 Å². The number of piperidine rings is 1. The molecule has 2 N–H and O–H groups in total. The molecule has 3 heterocycles. The molecule has 1 atom stereocenters. The Morgan fingerprint density at radius 2 is 2.27 bits per heavy atom. The molecular formula is C15H19N5OS. The first kappa shape index (κ1) is 15.1. The van der Waals surface area contributed by atoms with Crippen molar-refractivity contribution in [3.05, 3.63) is 29.7 Å². The van der Waals surface area contributed by atoms with E-state index in [1.807, 2.05) is 4.90 Å². The maximum atomic E-state index is 12.6. The number of amides is 1. The van der Waals surface area contributed by atoms with Gasteiger partial charge in [-0.25, -0.2) is 4.98 Å². The molecule has 22 heavy (non-hydrogen) atoms. The summed E-state index contributed by atoms with van der Waals surface area (Å²) < 4.78 is 0. The number of carbonyl (C=O) groups excluding carboxylic acids is 1. The Morgan fingerprint density at radius 1 is 1.45 bits per heavy atom. The molecule has 2 aromatic heterocycles. The van der Waals surface area contributed by atoms with Crippen molar-refractivity contribution < 1.29 is 4.79 Å². The van der Waals surface area contributed by atoms with Gasteiger partial charge in [-0.3, -0.25) is 14.8 Å². The number of hydrogen-bond donors (Lipinski definition) is 1. The lowest BCUT2D eigenvalue weighted by molar-refractivity contribution is 0.0528. The molecule has 0 radical (unpaired) electrons. The summed E-state index contributed by atoms with van der Waals surface area (Å²) in [7, 11) is 0. The molecular weight excluding hydrogens is 298 g/mol. The summed E-state index contributed by atoms with van der Waals surface area (Å²) in [5, 5.41) is 2.50. The van der Waals surface area contributed by atoms with Crippen molar-refractivity contribution in [1.82, 2.24) is 19.9 Å². The maximum absolute atomic E-state index is 12.6. The molecule has 0 aromatic carbocycles. The van der Waals surface area contributed by atoms with E-state index in [4.69, 9.17) is 5.73 Å². The highest BCUT2D eigenvalue weighted by Crippen LogP contribution is 2.29. The smallest absolute Gasteiger partial charge is 0.273 e. The van der Waals surface area contributed by atoms with Gasteiger partial charge >= 0.3 is 0 Å². The van der Waals surface area contributed by atoms with E-state index in [2.05, 4.69) is 28.8 Å². The van der Waals surface area contributed by atoms with Gasteiger partial charge in [0.25, 0.3) is 5.91 Å². The standard InChI is InChI=1S/C15H19N5OS/c1-15(2)9-20(6-3-12(15)16)14(21)11-8-22-13(19-11)10-7-17-4-5-18-10/h4-5,7-8,12H,3,6,9,16H2,1-2H3. The third-order valence-corrected chi connectivity index (χ3v) is 4.97. The maximum Gasteiger partial charge on any atom is 0.273 e. The molecule has 1 aliphatic rings. The number of thiazole rings is 1. The minimum atomic E-state index is -0.0718. The fourth-order valence-electron chi connectivity index (χ4n) is 2.61. The molecule has 1 fully saturated rings. The predicted octanol–water partition coefficient (Wildman–Crippen LogP) is 1.80. The van der Waals surface area contributed by atoms with Gasteiger partial charge in [-0.1, -0.05) is 13.8 Å². The van der Waals surface area contributed by atoms with E-state index in [-0.39, 0.29) is 17.4 Å². The molecule has 0 aliphatic carbocycles. The summed E-state index contributed by atoms with van der Waals surface area (Å²) in [4.78, 5) is 27.1. The van der Waals surface area contributed by atoms with Crippen molar-refractivity contribution in [3.63, 3.8) is 0 Å². The van der Waals surface area contributed by atoms with E-state index in [0.717, 1.165) is 6.42 Å². The molecule has 1 amide bonds. The fourth-order valence-corrected chi connectivity index (χ4v) is 3.36. The van der Waals surface area contributed by atoms with Gasteiger partial charge in [0, 0.05) is 36.9 Å². The number of likely N-dealkylation sites (tertiary alicyclic amines) is 1. The van der Waals surface area contributed by atoms with Crippen LogP contribution >= 0.6 is 11.3 Å². The fraction of sp³-hybridized carbons (Fsp3) is 0.467. The van der Waals surface area contributed by atoms with E-state index in [9.17, 15) is 4.79 Å². The second-order valence-electron chi connectivity index (χ2n) is 6.24. The van der Waals surface area contributed by atoms with Gasteiger partial charge in [0.15, 0.2) is 0 Å². The summed E-state index contributed by atoms with van der Waals surface area (Å²) >= 11 is 1.41. The van der Waals surface area contributed by atoms with Crippen LogP contribution in [0.1, 0.15) is 30.8 Å². The van der Waals surface area contributed by atoms with E-state index < -0.39 is 0 Å². The molecule has 2 aromatic rings. The normalized spacial score (nSPS) is 20.9. The Labute approximate surface area is 133 Å². The topological polar surface area (TPSA) is 85.0 Å². The monoisotopic (exact) mass is 317 g/mol. The average molecular weight is 317 g/mol. The van der Waals surface area contributed by atoms with Crippen molar-refractivity contribution in [2.24, 2.45) is 11.1 Å². The summed E-state index contributed by atoms with van der Waals surface area (Å²) in [6.07, 6.45) is 5.70. The molecule has 1 aliphatic heterocycles. The third kappa shape index (κ3) is 2.86.